The van der Waals surface area contributed by atoms with Crippen molar-refractivity contribution in [1.29, 1.82) is 0 Å². The van der Waals surface area contributed by atoms with Crippen LogP contribution in [0.15, 0.2) is 24.3 Å². The van der Waals surface area contributed by atoms with Gasteiger partial charge in [0.2, 0.25) is 0 Å². The molecule has 1 aromatic carbocycles. The second kappa shape index (κ2) is 10.9. The zero-order valence-corrected chi connectivity index (χ0v) is 20.8. The molecule has 4 nitrogen and oxygen atoms in total. The summed E-state index contributed by atoms with van der Waals surface area (Å²) >= 11 is 0. The number of hydrogen-bond donors (Lipinski definition) is 0. The van der Waals surface area contributed by atoms with Crippen LogP contribution in [0.2, 0.25) is 0 Å². The molecule has 2 aliphatic carbocycles. The van der Waals surface area contributed by atoms with Gasteiger partial charge in [-0.3, -0.25) is 0 Å². The van der Waals surface area contributed by atoms with Crippen LogP contribution in [0.5, 0.6) is 0 Å². The van der Waals surface area contributed by atoms with Crippen LogP contribution in [-0.2, 0) is 9.47 Å². The summed E-state index contributed by atoms with van der Waals surface area (Å²) in [4.78, 5) is 25.9. The second-order valence-corrected chi connectivity index (χ2v) is 11.1. The molecule has 0 spiro atoms. The molecule has 1 aromatic rings. The fourth-order valence-electron chi connectivity index (χ4n) is 5.68. The Hall–Kier alpha value is -1.84. The largest absolute Gasteiger partial charge is 0.458 e. The summed E-state index contributed by atoms with van der Waals surface area (Å²) in [6.45, 7) is 13.3. The fourth-order valence-corrected chi connectivity index (χ4v) is 5.68. The molecule has 0 aliphatic heterocycles. The third-order valence-corrected chi connectivity index (χ3v) is 7.77. The van der Waals surface area contributed by atoms with Crippen LogP contribution in [0, 0.1) is 35.5 Å². The molecular formula is C28H42O4. The van der Waals surface area contributed by atoms with Gasteiger partial charge in [0, 0.05) is 0 Å². The molecule has 0 N–H and O–H groups in total. The number of carbonyl (C=O) groups excluding carboxylic acids is 2. The topological polar surface area (TPSA) is 52.6 Å². The van der Waals surface area contributed by atoms with Crippen LogP contribution in [-0.4, -0.2) is 24.1 Å². The van der Waals surface area contributed by atoms with Gasteiger partial charge in [0.15, 0.2) is 0 Å². The van der Waals surface area contributed by atoms with E-state index in [1.807, 2.05) is 0 Å². The number of ether oxygens (including phenoxy) is 2. The van der Waals surface area contributed by atoms with Gasteiger partial charge in [0.1, 0.15) is 12.2 Å². The third kappa shape index (κ3) is 6.14. The van der Waals surface area contributed by atoms with Crippen molar-refractivity contribution < 1.29 is 19.1 Å². The Bertz CT molecular complexity index is 722. The maximum atomic E-state index is 13.0. The van der Waals surface area contributed by atoms with Crippen molar-refractivity contribution in [2.45, 2.75) is 92.3 Å². The van der Waals surface area contributed by atoms with Crippen LogP contribution >= 0.6 is 0 Å². The summed E-state index contributed by atoms with van der Waals surface area (Å²) in [5.41, 5.74) is 0.857. The number of esters is 2. The fraction of sp³-hybridized carbons (Fsp3) is 0.714. The minimum absolute atomic E-state index is 0.0580. The van der Waals surface area contributed by atoms with Crippen LogP contribution in [0.3, 0.4) is 0 Å². The number of hydrogen-bond acceptors (Lipinski definition) is 4. The van der Waals surface area contributed by atoms with Crippen molar-refractivity contribution in [2.24, 2.45) is 35.5 Å². The number of rotatable bonds is 6. The molecule has 0 aromatic heterocycles. The smallest absolute Gasteiger partial charge is 0.338 e. The highest BCUT2D eigenvalue weighted by Crippen LogP contribution is 2.37. The van der Waals surface area contributed by atoms with Crippen molar-refractivity contribution in [1.82, 2.24) is 0 Å². The summed E-state index contributed by atoms with van der Waals surface area (Å²) in [5.74, 6) is 2.20. The first-order valence-electron chi connectivity index (χ1n) is 12.7. The van der Waals surface area contributed by atoms with Crippen molar-refractivity contribution in [3.63, 3.8) is 0 Å². The van der Waals surface area contributed by atoms with Gasteiger partial charge < -0.3 is 9.47 Å². The molecule has 0 heterocycles. The predicted octanol–water partition coefficient (Wildman–Crippen LogP) is 6.92. The van der Waals surface area contributed by atoms with Gasteiger partial charge in [0.25, 0.3) is 0 Å². The van der Waals surface area contributed by atoms with Gasteiger partial charge in [-0.15, -0.1) is 0 Å². The Morgan fingerprint density at radius 3 is 1.53 bits per heavy atom. The number of benzene rings is 1. The van der Waals surface area contributed by atoms with Gasteiger partial charge in [-0.1, -0.05) is 60.5 Å². The molecular weight excluding hydrogens is 400 g/mol. The van der Waals surface area contributed by atoms with E-state index in [9.17, 15) is 9.59 Å². The predicted molar refractivity (Wildman–Crippen MR) is 128 cm³/mol. The Labute approximate surface area is 194 Å². The zero-order valence-electron chi connectivity index (χ0n) is 20.8. The monoisotopic (exact) mass is 442 g/mol. The van der Waals surface area contributed by atoms with E-state index in [4.69, 9.17) is 9.47 Å². The SMILES string of the molecule is CC1CCC(C(C)C)C(OC(=O)c2cccc(C(=O)OC3CC(C)CCC3C(C)C)c2)C1. The Kier molecular flexibility index (Phi) is 8.41. The minimum atomic E-state index is -0.337. The second-order valence-electron chi connectivity index (χ2n) is 11.1. The first-order chi connectivity index (χ1) is 15.2. The molecule has 0 saturated heterocycles. The molecule has 2 aliphatic rings. The summed E-state index contributed by atoms with van der Waals surface area (Å²) < 4.78 is 12.0. The maximum absolute atomic E-state index is 13.0. The van der Waals surface area contributed by atoms with Crippen LogP contribution < -0.4 is 0 Å². The lowest BCUT2D eigenvalue weighted by Gasteiger charge is -2.37. The average Bonchev–Trinajstić information content (AvgIpc) is 2.73. The highest BCUT2D eigenvalue weighted by molar-refractivity contribution is 5.95. The molecule has 3 rings (SSSR count). The lowest BCUT2D eigenvalue weighted by atomic mass is 9.75. The molecule has 0 amide bonds. The van der Waals surface area contributed by atoms with Gasteiger partial charge in [-0.05, 0) is 79.4 Å². The average molecular weight is 443 g/mol. The molecule has 0 bridgehead atoms. The van der Waals surface area contributed by atoms with E-state index in [1.165, 1.54) is 12.8 Å². The summed E-state index contributed by atoms with van der Waals surface area (Å²) in [7, 11) is 0. The number of carbonyl (C=O) groups is 2. The molecule has 6 unspecified atom stereocenters. The van der Waals surface area contributed by atoms with Crippen molar-refractivity contribution in [3.8, 4) is 0 Å². The third-order valence-electron chi connectivity index (χ3n) is 7.77. The van der Waals surface area contributed by atoms with Crippen molar-refractivity contribution >= 4 is 11.9 Å². The van der Waals surface area contributed by atoms with Gasteiger partial charge in [-0.25, -0.2) is 9.59 Å². The first-order valence-corrected chi connectivity index (χ1v) is 12.7. The normalized spacial score (nSPS) is 30.9. The maximum Gasteiger partial charge on any atom is 0.338 e. The zero-order chi connectivity index (χ0) is 23.4. The highest BCUT2D eigenvalue weighted by atomic mass is 16.5. The lowest BCUT2D eigenvalue weighted by molar-refractivity contribution is -0.0174. The summed E-state index contributed by atoms with van der Waals surface area (Å²) in [6.07, 6.45) is 6.28. The molecule has 2 saturated carbocycles. The van der Waals surface area contributed by atoms with Crippen molar-refractivity contribution in [2.75, 3.05) is 0 Å². The van der Waals surface area contributed by atoms with E-state index in [-0.39, 0.29) is 24.1 Å². The minimum Gasteiger partial charge on any atom is -0.458 e. The molecule has 6 atom stereocenters. The first kappa shape index (κ1) is 24.8. The lowest BCUT2D eigenvalue weighted by Crippen LogP contribution is -2.36. The van der Waals surface area contributed by atoms with E-state index < -0.39 is 0 Å². The Morgan fingerprint density at radius 1 is 0.750 bits per heavy atom. The standard InChI is InChI=1S/C28H42O4/c1-17(2)23-12-10-19(5)14-25(23)31-27(29)21-8-7-9-22(16-21)28(30)32-26-15-20(6)11-13-24(26)18(3)4/h7-9,16-20,23-26H,10-15H2,1-6H3. The van der Waals surface area contributed by atoms with Crippen molar-refractivity contribution in [3.05, 3.63) is 35.4 Å². The summed E-state index contributed by atoms with van der Waals surface area (Å²) in [5, 5.41) is 0. The highest BCUT2D eigenvalue weighted by Gasteiger charge is 2.35. The van der Waals surface area contributed by atoms with Gasteiger partial charge in [0.05, 0.1) is 11.1 Å². The molecule has 0 radical (unpaired) electrons. The van der Waals surface area contributed by atoms with E-state index in [0.717, 1.165) is 25.7 Å². The van der Waals surface area contributed by atoms with Gasteiger partial charge >= 0.3 is 11.9 Å². The van der Waals surface area contributed by atoms with E-state index in [0.29, 0.717) is 46.6 Å². The molecule has 178 valence electrons. The van der Waals surface area contributed by atoms with Crippen LogP contribution in [0.4, 0.5) is 0 Å². The Balaban J connectivity index is 1.68. The van der Waals surface area contributed by atoms with E-state index in [2.05, 4.69) is 41.5 Å². The van der Waals surface area contributed by atoms with E-state index in [1.54, 1.807) is 24.3 Å². The van der Waals surface area contributed by atoms with Crippen LogP contribution in [0.1, 0.15) is 101 Å². The Morgan fingerprint density at radius 2 is 1.16 bits per heavy atom. The molecule has 4 heteroatoms. The van der Waals surface area contributed by atoms with Crippen LogP contribution in [0.25, 0.3) is 0 Å². The molecule has 2 fully saturated rings. The van der Waals surface area contributed by atoms with E-state index >= 15 is 0 Å². The van der Waals surface area contributed by atoms with Gasteiger partial charge in [-0.2, -0.15) is 0 Å². The molecule has 32 heavy (non-hydrogen) atoms. The summed E-state index contributed by atoms with van der Waals surface area (Å²) in [6, 6.07) is 6.85. The quantitative estimate of drug-likeness (QED) is 0.449.